The van der Waals surface area contributed by atoms with Crippen LogP contribution < -0.4 is 4.90 Å². The molecule has 0 bridgehead atoms. The second-order valence-electron chi connectivity index (χ2n) is 5.63. The molecule has 3 rings (SSSR count). The van der Waals surface area contributed by atoms with Crippen LogP contribution in [0.2, 0.25) is 0 Å². The molecule has 0 unspecified atom stereocenters. The van der Waals surface area contributed by atoms with E-state index in [1.807, 2.05) is 29.2 Å². The molecule has 1 amide bonds. The predicted molar refractivity (Wildman–Crippen MR) is 85.5 cm³/mol. The van der Waals surface area contributed by atoms with Crippen LogP contribution in [0, 0.1) is 0 Å². The van der Waals surface area contributed by atoms with Crippen LogP contribution in [-0.2, 0) is 4.79 Å². The van der Waals surface area contributed by atoms with Gasteiger partial charge in [-0.05, 0) is 69.4 Å². The number of hydrogen-bond donors (Lipinski definition) is 0. The van der Waals surface area contributed by atoms with Crippen molar-refractivity contribution in [2.24, 2.45) is 0 Å². The van der Waals surface area contributed by atoms with E-state index < -0.39 is 0 Å². The predicted octanol–water partition coefficient (Wildman–Crippen LogP) is 4.96. The van der Waals surface area contributed by atoms with E-state index >= 15 is 0 Å². The lowest BCUT2D eigenvalue weighted by Crippen LogP contribution is -2.25. The van der Waals surface area contributed by atoms with E-state index in [1.165, 1.54) is 17.6 Å². The van der Waals surface area contributed by atoms with Crippen molar-refractivity contribution in [2.45, 2.75) is 39.5 Å². The summed E-state index contributed by atoms with van der Waals surface area (Å²) in [5, 5.41) is 0. The molecule has 1 aliphatic carbocycles. The summed E-state index contributed by atoms with van der Waals surface area (Å²) in [5.41, 5.74) is 5.63. The Morgan fingerprint density at radius 2 is 1.65 bits per heavy atom. The molecule has 0 N–H and O–H groups in total. The van der Waals surface area contributed by atoms with Gasteiger partial charge in [0.05, 0.1) is 5.70 Å². The van der Waals surface area contributed by atoms with Crippen molar-refractivity contribution in [3.05, 3.63) is 51.2 Å². The lowest BCUT2D eigenvalue weighted by atomic mass is 9.91. The average molecular weight is 332 g/mol. The number of amides is 1. The van der Waals surface area contributed by atoms with Crippen molar-refractivity contribution >= 4 is 27.5 Å². The van der Waals surface area contributed by atoms with Gasteiger partial charge < -0.3 is 0 Å². The fraction of sp³-hybridized carbons (Fsp3) is 0.353. The third-order valence-electron chi connectivity index (χ3n) is 4.00. The molecule has 1 aliphatic heterocycles. The molecule has 0 atom stereocenters. The van der Waals surface area contributed by atoms with E-state index in [-0.39, 0.29) is 5.91 Å². The van der Waals surface area contributed by atoms with Gasteiger partial charge in [-0.3, -0.25) is 9.69 Å². The van der Waals surface area contributed by atoms with Crippen LogP contribution in [-0.4, -0.2) is 5.91 Å². The molecule has 0 fully saturated rings. The van der Waals surface area contributed by atoms with E-state index in [1.54, 1.807) is 0 Å². The Balaban J connectivity index is 2.10. The molecular weight excluding hydrogens is 314 g/mol. The van der Waals surface area contributed by atoms with Gasteiger partial charge >= 0.3 is 0 Å². The van der Waals surface area contributed by atoms with Gasteiger partial charge in [-0.1, -0.05) is 21.5 Å². The maximum absolute atomic E-state index is 12.8. The van der Waals surface area contributed by atoms with E-state index in [4.69, 9.17) is 0 Å². The first kappa shape index (κ1) is 13.6. The Hall–Kier alpha value is -1.35. The van der Waals surface area contributed by atoms with Gasteiger partial charge in [0.25, 0.3) is 5.91 Å². The van der Waals surface area contributed by atoms with Crippen LogP contribution in [0.5, 0.6) is 0 Å². The second kappa shape index (κ2) is 5.21. The number of nitrogens with zero attached hydrogens (tertiary/aromatic N) is 1. The molecular formula is C17H18BrNO. The molecule has 2 aliphatic rings. The summed E-state index contributed by atoms with van der Waals surface area (Å²) in [6.07, 6.45) is 4.29. The number of rotatable bonds is 1. The minimum atomic E-state index is 0.179. The molecule has 2 nitrogen and oxygen atoms in total. The lowest BCUT2D eigenvalue weighted by Gasteiger charge is -2.22. The van der Waals surface area contributed by atoms with Crippen LogP contribution in [0.25, 0.3) is 0 Å². The van der Waals surface area contributed by atoms with E-state index in [9.17, 15) is 4.79 Å². The summed E-state index contributed by atoms with van der Waals surface area (Å²) in [4.78, 5) is 14.7. The largest absolute Gasteiger partial charge is 0.277 e. The van der Waals surface area contributed by atoms with Crippen LogP contribution in [0.3, 0.4) is 0 Å². The van der Waals surface area contributed by atoms with Crippen molar-refractivity contribution < 1.29 is 4.79 Å². The summed E-state index contributed by atoms with van der Waals surface area (Å²) >= 11 is 3.45. The molecule has 0 saturated heterocycles. The Labute approximate surface area is 128 Å². The quantitative estimate of drug-likeness (QED) is 0.712. The van der Waals surface area contributed by atoms with E-state index in [0.29, 0.717) is 0 Å². The minimum absolute atomic E-state index is 0.179. The fourth-order valence-corrected chi connectivity index (χ4v) is 3.40. The van der Waals surface area contributed by atoms with Crippen LogP contribution in [0.15, 0.2) is 51.2 Å². The number of carbonyl (C=O) groups is 1. The van der Waals surface area contributed by atoms with E-state index in [2.05, 4.69) is 29.8 Å². The molecule has 0 saturated carbocycles. The maximum atomic E-state index is 12.8. The van der Waals surface area contributed by atoms with Crippen LogP contribution in [0.4, 0.5) is 5.69 Å². The second-order valence-corrected chi connectivity index (χ2v) is 6.55. The average Bonchev–Trinajstić information content (AvgIpc) is 2.74. The smallest absolute Gasteiger partial charge is 0.259 e. The number of hydrogen-bond acceptors (Lipinski definition) is 1. The Morgan fingerprint density at radius 1 is 1.05 bits per heavy atom. The van der Waals surface area contributed by atoms with Gasteiger partial charge in [0.2, 0.25) is 0 Å². The SMILES string of the molecule is CC(C)=C1C2=C(CCCC2)C(=O)N1c1ccc(Br)cc1. The molecule has 0 spiro atoms. The third-order valence-corrected chi connectivity index (χ3v) is 4.53. The van der Waals surface area contributed by atoms with Crippen LogP contribution in [0.1, 0.15) is 39.5 Å². The minimum Gasteiger partial charge on any atom is -0.277 e. The number of anilines is 1. The molecule has 1 heterocycles. The molecule has 0 aromatic heterocycles. The topological polar surface area (TPSA) is 20.3 Å². The molecule has 0 radical (unpaired) electrons. The molecule has 1 aromatic rings. The number of halogens is 1. The zero-order valence-electron chi connectivity index (χ0n) is 11.9. The first-order valence-electron chi connectivity index (χ1n) is 7.09. The molecule has 1 aromatic carbocycles. The van der Waals surface area contributed by atoms with Crippen molar-refractivity contribution in [1.29, 1.82) is 0 Å². The number of allylic oxidation sites excluding steroid dienone is 2. The molecule has 3 heteroatoms. The fourth-order valence-electron chi connectivity index (χ4n) is 3.14. The highest BCUT2D eigenvalue weighted by molar-refractivity contribution is 9.10. The van der Waals surface area contributed by atoms with Crippen molar-refractivity contribution in [1.82, 2.24) is 0 Å². The lowest BCUT2D eigenvalue weighted by molar-refractivity contribution is -0.114. The Bertz CT molecular complexity index is 621. The molecule has 20 heavy (non-hydrogen) atoms. The van der Waals surface area contributed by atoms with Crippen molar-refractivity contribution in [3.63, 3.8) is 0 Å². The van der Waals surface area contributed by atoms with Gasteiger partial charge in [-0.15, -0.1) is 0 Å². The standard InChI is InChI=1S/C17H18BrNO/c1-11(2)16-14-5-3-4-6-15(14)17(20)19(16)13-9-7-12(18)8-10-13/h7-10H,3-6H2,1-2H3. The highest BCUT2D eigenvalue weighted by atomic mass is 79.9. The van der Waals surface area contributed by atoms with Gasteiger partial charge in [0.1, 0.15) is 0 Å². The monoisotopic (exact) mass is 331 g/mol. The van der Waals surface area contributed by atoms with Crippen molar-refractivity contribution in [2.75, 3.05) is 4.90 Å². The summed E-state index contributed by atoms with van der Waals surface area (Å²) in [6.45, 7) is 4.19. The zero-order valence-corrected chi connectivity index (χ0v) is 13.5. The summed E-state index contributed by atoms with van der Waals surface area (Å²) < 4.78 is 1.03. The van der Waals surface area contributed by atoms with Crippen molar-refractivity contribution in [3.8, 4) is 0 Å². The molecule has 104 valence electrons. The van der Waals surface area contributed by atoms with Crippen LogP contribution >= 0.6 is 15.9 Å². The van der Waals surface area contributed by atoms with E-state index in [0.717, 1.165) is 40.7 Å². The Morgan fingerprint density at radius 3 is 2.25 bits per heavy atom. The van der Waals surface area contributed by atoms with Gasteiger partial charge in [-0.2, -0.15) is 0 Å². The van der Waals surface area contributed by atoms with Gasteiger partial charge in [-0.25, -0.2) is 0 Å². The number of benzene rings is 1. The zero-order chi connectivity index (χ0) is 14.3. The normalized spacial score (nSPS) is 18.6. The highest BCUT2D eigenvalue weighted by Crippen LogP contribution is 2.42. The first-order chi connectivity index (χ1) is 9.59. The Kier molecular flexibility index (Phi) is 3.55. The summed E-state index contributed by atoms with van der Waals surface area (Å²) in [6, 6.07) is 7.98. The first-order valence-corrected chi connectivity index (χ1v) is 7.89. The highest BCUT2D eigenvalue weighted by Gasteiger charge is 2.37. The number of carbonyl (C=O) groups excluding carboxylic acids is 1. The third kappa shape index (κ3) is 2.14. The maximum Gasteiger partial charge on any atom is 0.259 e. The summed E-state index contributed by atoms with van der Waals surface area (Å²) in [5.74, 6) is 0.179. The summed E-state index contributed by atoms with van der Waals surface area (Å²) in [7, 11) is 0. The van der Waals surface area contributed by atoms with Gasteiger partial charge in [0.15, 0.2) is 0 Å². The van der Waals surface area contributed by atoms with Gasteiger partial charge in [0, 0.05) is 15.7 Å².